The molecule has 1 atom stereocenters. The van der Waals surface area contributed by atoms with Gasteiger partial charge in [0.15, 0.2) is 0 Å². The largest absolute Gasteiger partial charge is 0.494 e. The molecule has 3 aromatic carbocycles. The minimum atomic E-state index is -0.657. The van der Waals surface area contributed by atoms with Crippen LogP contribution < -0.4 is 11.2 Å². The zero-order chi connectivity index (χ0) is 25.2. The second-order valence-electron chi connectivity index (χ2n) is 9.19. The highest BCUT2D eigenvalue weighted by atomic mass is 32.2. The third kappa shape index (κ3) is 4.79. The Hall–Kier alpha value is -3.84. The molecule has 0 spiro atoms. The van der Waals surface area contributed by atoms with E-state index in [-0.39, 0.29) is 23.2 Å². The first-order valence-corrected chi connectivity index (χ1v) is 12.8. The number of aliphatic imine (C=N–C) groups is 1. The fourth-order valence-corrected chi connectivity index (χ4v) is 5.62. The molecule has 1 aliphatic heterocycles. The van der Waals surface area contributed by atoms with Crippen molar-refractivity contribution >= 4 is 23.2 Å². The second kappa shape index (κ2) is 10.0. The molecule has 6 nitrogen and oxygen atoms in total. The zero-order valence-corrected chi connectivity index (χ0v) is 21.0. The SMILES string of the molecule is CC(C)c1ccc(C2CC(c3c(O)n(Cc4ccccc4)c(=O)[nH]c3=O)=Nc3ccccc3S2)cc1. The number of thioether (sulfide) groups is 1. The molecule has 1 aromatic heterocycles. The van der Waals surface area contributed by atoms with Crippen LogP contribution in [0.15, 0.2) is 98.3 Å². The van der Waals surface area contributed by atoms with Crippen molar-refractivity contribution in [3.8, 4) is 5.88 Å². The molecular weight excluding hydrogens is 470 g/mol. The van der Waals surface area contributed by atoms with Crippen LogP contribution in [0.5, 0.6) is 5.88 Å². The molecule has 2 N–H and O–H groups in total. The van der Waals surface area contributed by atoms with Crippen molar-refractivity contribution < 1.29 is 5.11 Å². The molecule has 0 radical (unpaired) electrons. The summed E-state index contributed by atoms with van der Waals surface area (Å²) in [5.74, 6) is 0.0597. The predicted octanol–water partition coefficient (Wildman–Crippen LogP) is 5.77. The van der Waals surface area contributed by atoms with Gasteiger partial charge in [0.2, 0.25) is 5.88 Å². The first-order valence-electron chi connectivity index (χ1n) is 11.9. The van der Waals surface area contributed by atoms with E-state index in [1.165, 1.54) is 10.1 Å². The van der Waals surface area contributed by atoms with E-state index in [4.69, 9.17) is 4.99 Å². The van der Waals surface area contributed by atoms with Gasteiger partial charge >= 0.3 is 5.69 Å². The van der Waals surface area contributed by atoms with Gasteiger partial charge in [0.25, 0.3) is 5.56 Å². The molecule has 1 aliphatic rings. The van der Waals surface area contributed by atoms with Gasteiger partial charge in [-0.2, -0.15) is 0 Å². The van der Waals surface area contributed by atoms with Gasteiger partial charge in [0.1, 0.15) is 5.56 Å². The maximum Gasteiger partial charge on any atom is 0.331 e. The van der Waals surface area contributed by atoms with E-state index in [0.717, 1.165) is 21.7 Å². The van der Waals surface area contributed by atoms with E-state index in [1.54, 1.807) is 11.8 Å². The van der Waals surface area contributed by atoms with Crippen molar-refractivity contribution in [1.82, 2.24) is 9.55 Å². The quantitative estimate of drug-likeness (QED) is 0.366. The number of aromatic nitrogens is 2. The number of para-hydroxylation sites is 1. The Morgan fingerprint density at radius 3 is 2.42 bits per heavy atom. The van der Waals surface area contributed by atoms with E-state index in [0.29, 0.717) is 18.1 Å². The Morgan fingerprint density at radius 1 is 1.00 bits per heavy atom. The molecule has 0 bridgehead atoms. The summed E-state index contributed by atoms with van der Waals surface area (Å²) >= 11 is 1.69. The number of aromatic amines is 1. The lowest BCUT2D eigenvalue weighted by Gasteiger charge is -2.18. The smallest absolute Gasteiger partial charge is 0.331 e. The number of benzene rings is 3. The van der Waals surface area contributed by atoms with Crippen LogP contribution in [0, 0.1) is 0 Å². The van der Waals surface area contributed by atoms with E-state index in [1.807, 2.05) is 54.6 Å². The van der Waals surface area contributed by atoms with Gasteiger partial charge in [-0.05, 0) is 34.7 Å². The fourth-order valence-electron chi connectivity index (χ4n) is 4.38. The first kappa shape index (κ1) is 23.9. The molecule has 0 saturated heterocycles. The Morgan fingerprint density at radius 2 is 1.69 bits per heavy atom. The summed E-state index contributed by atoms with van der Waals surface area (Å²) in [4.78, 5) is 33.9. The van der Waals surface area contributed by atoms with Gasteiger partial charge in [0.05, 0.1) is 17.9 Å². The van der Waals surface area contributed by atoms with Crippen LogP contribution in [0.1, 0.15) is 53.7 Å². The Bertz CT molecular complexity index is 1540. The number of H-pyrrole nitrogens is 1. The maximum atomic E-state index is 13.0. The van der Waals surface area contributed by atoms with E-state index in [2.05, 4.69) is 43.1 Å². The van der Waals surface area contributed by atoms with Crippen LogP contribution in [0.3, 0.4) is 0 Å². The van der Waals surface area contributed by atoms with Crippen LogP contribution in [0.25, 0.3) is 0 Å². The minimum Gasteiger partial charge on any atom is -0.494 e. The summed E-state index contributed by atoms with van der Waals surface area (Å²) < 4.78 is 1.19. The van der Waals surface area contributed by atoms with Crippen LogP contribution in [-0.2, 0) is 6.54 Å². The lowest BCUT2D eigenvalue weighted by atomic mass is 9.98. The first-order chi connectivity index (χ1) is 17.4. The number of fused-ring (bicyclic) bond motifs is 1. The molecule has 1 unspecified atom stereocenters. The molecule has 0 fully saturated rings. The van der Waals surface area contributed by atoms with Crippen LogP contribution in [0.4, 0.5) is 5.69 Å². The molecule has 182 valence electrons. The standard InChI is InChI=1S/C29H27N3O3S/c1-18(2)20-12-14-21(15-13-20)25-16-23(30-22-10-6-7-11-24(22)36-25)26-27(33)31-29(35)32(28(26)34)17-19-8-4-3-5-9-19/h3-15,18,25,34H,16-17H2,1-2H3,(H,31,33,35). The lowest BCUT2D eigenvalue weighted by Crippen LogP contribution is -2.34. The molecule has 36 heavy (non-hydrogen) atoms. The van der Waals surface area contributed by atoms with Crippen molar-refractivity contribution in [2.24, 2.45) is 4.99 Å². The van der Waals surface area contributed by atoms with Crippen molar-refractivity contribution in [3.63, 3.8) is 0 Å². The van der Waals surface area contributed by atoms with Crippen LogP contribution in [-0.4, -0.2) is 20.4 Å². The number of aromatic hydroxyl groups is 1. The number of nitrogens with zero attached hydrogens (tertiary/aromatic N) is 2. The number of hydrogen-bond donors (Lipinski definition) is 2. The summed E-state index contributed by atoms with van der Waals surface area (Å²) in [7, 11) is 0. The van der Waals surface area contributed by atoms with E-state index in [9.17, 15) is 14.7 Å². The zero-order valence-electron chi connectivity index (χ0n) is 20.1. The molecule has 5 rings (SSSR count). The fraction of sp³-hybridized carbons (Fsp3) is 0.207. The van der Waals surface area contributed by atoms with Crippen LogP contribution in [0.2, 0.25) is 0 Å². The van der Waals surface area contributed by atoms with Crippen molar-refractivity contribution in [2.45, 2.75) is 42.9 Å². The van der Waals surface area contributed by atoms with Crippen LogP contribution >= 0.6 is 11.8 Å². The second-order valence-corrected chi connectivity index (χ2v) is 10.4. The average Bonchev–Trinajstić information content (AvgIpc) is 3.07. The van der Waals surface area contributed by atoms with Gasteiger partial charge in [-0.1, -0.05) is 80.6 Å². The number of nitrogens with one attached hydrogen (secondary N) is 1. The van der Waals surface area contributed by atoms with Gasteiger partial charge in [-0.3, -0.25) is 19.3 Å². The third-order valence-corrected chi connectivity index (χ3v) is 7.71. The van der Waals surface area contributed by atoms with Crippen molar-refractivity contribution in [1.29, 1.82) is 0 Å². The van der Waals surface area contributed by atoms with Gasteiger partial charge < -0.3 is 5.11 Å². The Balaban J connectivity index is 1.61. The summed E-state index contributed by atoms with van der Waals surface area (Å²) in [5, 5.41) is 11.2. The summed E-state index contributed by atoms with van der Waals surface area (Å²) in [6, 6.07) is 25.6. The van der Waals surface area contributed by atoms with Gasteiger partial charge in [0, 0.05) is 16.6 Å². The number of rotatable bonds is 5. The summed E-state index contributed by atoms with van der Waals surface area (Å²) in [6.45, 7) is 4.46. The molecule has 0 aliphatic carbocycles. The normalized spacial score (nSPS) is 15.3. The topological polar surface area (TPSA) is 87.5 Å². The summed E-state index contributed by atoms with van der Waals surface area (Å²) in [6.07, 6.45) is 0.417. The Kier molecular flexibility index (Phi) is 6.65. The molecule has 4 aromatic rings. The average molecular weight is 498 g/mol. The number of hydrogen-bond acceptors (Lipinski definition) is 5. The van der Waals surface area contributed by atoms with Crippen molar-refractivity contribution in [3.05, 3.63) is 122 Å². The van der Waals surface area contributed by atoms with E-state index >= 15 is 0 Å². The maximum absolute atomic E-state index is 13.0. The van der Waals surface area contributed by atoms with E-state index < -0.39 is 11.2 Å². The lowest BCUT2D eigenvalue weighted by molar-refractivity contribution is 0.408. The van der Waals surface area contributed by atoms with Crippen molar-refractivity contribution in [2.75, 3.05) is 0 Å². The predicted molar refractivity (Wildman–Crippen MR) is 145 cm³/mol. The van der Waals surface area contributed by atoms with Gasteiger partial charge in [-0.25, -0.2) is 4.79 Å². The molecular formula is C29H27N3O3S. The summed E-state index contributed by atoms with van der Waals surface area (Å²) in [5.41, 5.74) is 3.13. The monoisotopic (exact) mass is 497 g/mol. The molecule has 0 saturated carbocycles. The highest BCUT2D eigenvalue weighted by molar-refractivity contribution is 7.99. The Labute approximate surface area is 213 Å². The molecule has 7 heteroatoms. The third-order valence-electron chi connectivity index (χ3n) is 6.39. The molecule has 0 amide bonds. The van der Waals surface area contributed by atoms with Gasteiger partial charge in [-0.15, -0.1) is 11.8 Å². The highest BCUT2D eigenvalue weighted by Crippen LogP contribution is 2.45. The highest BCUT2D eigenvalue weighted by Gasteiger charge is 2.27. The molecule has 2 heterocycles. The minimum absolute atomic E-state index is 0.0260.